The van der Waals surface area contributed by atoms with Crippen molar-refractivity contribution in [3.63, 3.8) is 0 Å². The highest BCUT2D eigenvalue weighted by Crippen LogP contribution is 2.07. The van der Waals surface area contributed by atoms with Crippen LogP contribution in [0.1, 0.15) is 11.1 Å². The fraction of sp³-hybridized carbons (Fsp3) is 0.200. The van der Waals surface area contributed by atoms with Crippen molar-refractivity contribution in [2.75, 3.05) is 7.05 Å². The molecule has 0 aliphatic heterocycles. The fourth-order valence-corrected chi connectivity index (χ4v) is 2.11. The Labute approximate surface area is 114 Å². The highest BCUT2D eigenvalue weighted by atomic mass is 16.4. The number of nitrogens with zero attached hydrogens (tertiary/aromatic N) is 1. The normalized spacial score (nSPS) is 10.7. The largest absolute Gasteiger partial charge is 0.488 e. The van der Waals surface area contributed by atoms with E-state index in [9.17, 15) is 0 Å². The van der Waals surface area contributed by atoms with Gasteiger partial charge in [-0.1, -0.05) is 54.6 Å². The Morgan fingerprint density at radius 2 is 1.53 bits per heavy atom. The summed E-state index contributed by atoms with van der Waals surface area (Å²) in [6, 6.07) is 17.7. The van der Waals surface area contributed by atoms with Crippen LogP contribution in [-0.4, -0.2) is 29.1 Å². The molecule has 3 nitrogen and oxygen atoms in total. The van der Waals surface area contributed by atoms with Crippen LogP contribution in [0.5, 0.6) is 0 Å². The number of hydrogen-bond donors (Lipinski definition) is 2. The molecular weight excluding hydrogens is 237 g/mol. The molecule has 2 aromatic rings. The van der Waals surface area contributed by atoms with E-state index in [1.807, 2.05) is 36.4 Å². The summed E-state index contributed by atoms with van der Waals surface area (Å²) >= 11 is 0. The maximum Gasteiger partial charge on any atom is 0.488 e. The van der Waals surface area contributed by atoms with Crippen molar-refractivity contribution in [3.05, 3.63) is 65.7 Å². The molecule has 0 saturated carbocycles. The zero-order valence-corrected chi connectivity index (χ0v) is 11.0. The second-order valence-electron chi connectivity index (χ2n) is 4.78. The lowest BCUT2D eigenvalue weighted by Gasteiger charge is -2.17. The van der Waals surface area contributed by atoms with Crippen LogP contribution in [-0.2, 0) is 13.1 Å². The summed E-state index contributed by atoms with van der Waals surface area (Å²) in [5.74, 6) is 0. The molecule has 2 aromatic carbocycles. The molecule has 4 heteroatoms. The average Bonchev–Trinajstić information content (AvgIpc) is 2.40. The van der Waals surface area contributed by atoms with Gasteiger partial charge in [-0.2, -0.15) is 0 Å². The minimum atomic E-state index is -1.40. The molecule has 0 unspecified atom stereocenters. The molecule has 0 aliphatic carbocycles. The molecule has 0 aliphatic rings. The zero-order valence-electron chi connectivity index (χ0n) is 11.0. The summed E-state index contributed by atoms with van der Waals surface area (Å²) in [4.78, 5) is 2.19. The van der Waals surface area contributed by atoms with Gasteiger partial charge in [0.1, 0.15) is 0 Å². The van der Waals surface area contributed by atoms with Crippen molar-refractivity contribution in [1.29, 1.82) is 0 Å². The topological polar surface area (TPSA) is 43.7 Å². The first kappa shape index (κ1) is 13.8. The molecule has 0 aromatic heterocycles. The van der Waals surface area contributed by atoms with Crippen LogP contribution in [0.3, 0.4) is 0 Å². The van der Waals surface area contributed by atoms with Gasteiger partial charge < -0.3 is 10.0 Å². The van der Waals surface area contributed by atoms with Crippen LogP contribution in [0.4, 0.5) is 0 Å². The molecule has 19 heavy (non-hydrogen) atoms. The molecule has 0 heterocycles. The summed E-state index contributed by atoms with van der Waals surface area (Å²) in [6.07, 6.45) is 0. The second-order valence-corrected chi connectivity index (χ2v) is 4.78. The summed E-state index contributed by atoms with van der Waals surface area (Å²) in [7, 11) is 0.647. The predicted molar refractivity (Wildman–Crippen MR) is 77.9 cm³/mol. The summed E-state index contributed by atoms with van der Waals surface area (Å²) in [5.41, 5.74) is 2.87. The van der Waals surface area contributed by atoms with Crippen LogP contribution in [0.15, 0.2) is 54.6 Å². The lowest BCUT2D eigenvalue weighted by molar-refractivity contribution is 0.319. The van der Waals surface area contributed by atoms with Gasteiger partial charge in [0.2, 0.25) is 0 Å². The van der Waals surface area contributed by atoms with Crippen LogP contribution in [0, 0.1) is 0 Å². The van der Waals surface area contributed by atoms with Gasteiger partial charge in [-0.25, -0.2) is 0 Å². The van der Waals surface area contributed by atoms with E-state index in [2.05, 4.69) is 24.1 Å². The zero-order chi connectivity index (χ0) is 13.7. The first-order valence-electron chi connectivity index (χ1n) is 6.32. The Kier molecular flexibility index (Phi) is 4.74. The number of rotatable bonds is 5. The fourth-order valence-electron chi connectivity index (χ4n) is 2.11. The predicted octanol–water partition coefficient (Wildman–Crippen LogP) is 0.998. The Morgan fingerprint density at radius 1 is 0.895 bits per heavy atom. The van der Waals surface area contributed by atoms with Gasteiger partial charge in [-0.05, 0) is 23.6 Å². The molecule has 0 radical (unpaired) electrons. The van der Waals surface area contributed by atoms with E-state index in [0.717, 1.165) is 18.7 Å². The van der Waals surface area contributed by atoms with Crippen molar-refractivity contribution in [2.24, 2.45) is 0 Å². The van der Waals surface area contributed by atoms with Crippen LogP contribution in [0.25, 0.3) is 0 Å². The van der Waals surface area contributed by atoms with Crippen LogP contribution >= 0.6 is 0 Å². The smallest absolute Gasteiger partial charge is 0.423 e. The molecule has 98 valence electrons. The highest BCUT2D eigenvalue weighted by molar-refractivity contribution is 6.58. The molecule has 2 N–H and O–H groups in total. The third-order valence-corrected chi connectivity index (χ3v) is 3.00. The van der Waals surface area contributed by atoms with E-state index in [1.54, 1.807) is 6.07 Å². The van der Waals surface area contributed by atoms with Crippen molar-refractivity contribution in [1.82, 2.24) is 4.90 Å². The van der Waals surface area contributed by atoms with Gasteiger partial charge in [-0.15, -0.1) is 0 Å². The van der Waals surface area contributed by atoms with E-state index >= 15 is 0 Å². The van der Waals surface area contributed by atoms with E-state index in [1.165, 1.54) is 5.56 Å². The molecular formula is C15H18BNO2. The van der Waals surface area contributed by atoms with Crippen molar-refractivity contribution >= 4 is 12.6 Å². The van der Waals surface area contributed by atoms with E-state index in [4.69, 9.17) is 10.0 Å². The Balaban J connectivity index is 1.99. The van der Waals surface area contributed by atoms with E-state index in [0.29, 0.717) is 5.46 Å². The summed E-state index contributed by atoms with van der Waals surface area (Å²) in [6.45, 7) is 1.64. The van der Waals surface area contributed by atoms with Crippen LogP contribution in [0.2, 0.25) is 0 Å². The molecule has 2 rings (SSSR count). The lowest BCUT2D eigenvalue weighted by atomic mass is 9.79. The molecule has 0 atom stereocenters. The second kappa shape index (κ2) is 6.52. The lowest BCUT2D eigenvalue weighted by Crippen LogP contribution is -2.30. The van der Waals surface area contributed by atoms with Crippen molar-refractivity contribution in [2.45, 2.75) is 13.1 Å². The first-order valence-corrected chi connectivity index (χ1v) is 6.32. The monoisotopic (exact) mass is 255 g/mol. The van der Waals surface area contributed by atoms with Crippen molar-refractivity contribution < 1.29 is 10.0 Å². The third kappa shape index (κ3) is 4.21. The maximum absolute atomic E-state index is 9.16. The quantitative estimate of drug-likeness (QED) is 0.783. The molecule has 0 bridgehead atoms. The minimum Gasteiger partial charge on any atom is -0.423 e. The Hall–Kier alpha value is -1.62. The Morgan fingerprint density at radius 3 is 2.21 bits per heavy atom. The summed E-state index contributed by atoms with van der Waals surface area (Å²) < 4.78 is 0. The van der Waals surface area contributed by atoms with Crippen molar-refractivity contribution in [3.8, 4) is 0 Å². The highest BCUT2D eigenvalue weighted by Gasteiger charge is 2.11. The molecule has 0 spiro atoms. The number of hydrogen-bond acceptors (Lipinski definition) is 3. The third-order valence-electron chi connectivity index (χ3n) is 3.00. The molecule has 0 amide bonds. The van der Waals surface area contributed by atoms with Gasteiger partial charge in [0.15, 0.2) is 0 Å². The molecule has 0 saturated heterocycles. The SMILES string of the molecule is CN(Cc1ccccc1)Cc1cccc(B(O)O)c1. The standard InChI is InChI=1S/C15H18BNO2/c1-17(11-13-6-3-2-4-7-13)12-14-8-5-9-15(10-14)16(18)19/h2-10,18-19H,11-12H2,1H3. The van der Waals surface area contributed by atoms with Gasteiger partial charge in [-0.3, -0.25) is 4.90 Å². The van der Waals surface area contributed by atoms with Gasteiger partial charge in [0.25, 0.3) is 0 Å². The van der Waals surface area contributed by atoms with Gasteiger partial charge >= 0.3 is 7.12 Å². The average molecular weight is 255 g/mol. The van der Waals surface area contributed by atoms with Gasteiger partial charge in [0, 0.05) is 13.1 Å². The molecule has 0 fully saturated rings. The van der Waals surface area contributed by atoms with Gasteiger partial charge in [0.05, 0.1) is 0 Å². The maximum atomic E-state index is 9.16. The first-order chi connectivity index (χ1) is 9.15. The summed E-state index contributed by atoms with van der Waals surface area (Å²) in [5, 5.41) is 18.3. The van der Waals surface area contributed by atoms with Crippen LogP contribution < -0.4 is 5.46 Å². The Bertz CT molecular complexity index is 517. The minimum absolute atomic E-state index is 0.533. The van der Waals surface area contributed by atoms with E-state index < -0.39 is 7.12 Å². The van der Waals surface area contributed by atoms with E-state index in [-0.39, 0.29) is 0 Å². The number of benzene rings is 2.